The van der Waals surface area contributed by atoms with Crippen LogP contribution in [0.3, 0.4) is 0 Å². The first-order valence-corrected chi connectivity index (χ1v) is 5.76. The van der Waals surface area contributed by atoms with Gasteiger partial charge in [-0.1, -0.05) is 0 Å². The third-order valence-electron chi connectivity index (χ3n) is 3.65. The first-order valence-electron chi connectivity index (χ1n) is 5.76. The van der Waals surface area contributed by atoms with Gasteiger partial charge in [-0.25, -0.2) is 0 Å². The molecule has 2 rings (SSSR count). The summed E-state index contributed by atoms with van der Waals surface area (Å²) in [5.41, 5.74) is 0. The normalized spacial score (nSPS) is 43.3. The lowest BCUT2D eigenvalue weighted by atomic mass is 10.1. The highest BCUT2D eigenvalue weighted by Gasteiger charge is 2.31. The molecule has 3 heteroatoms. The fourth-order valence-electron chi connectivity index (χ4n) is 2.74. The molecule has 0 heterocycles. The van der Waals surface area contributed by atoms with Crippen LogP contribution < -0.4 is 5.32 Å². The number of aliphatic hydroxyl groups is 1. The molecule has 14 heavy (non-hydrogen) atoms. The molecule has 2 saturated carbocycles. The standard InChI is InChI=1S/C11H21NO2/c1-14-9-6-5-8(7-9)12-10-3-2-4-11(10)13/h8-13H,2-7H2,1H3/t8?,9?,10-,11-/m1/s1. The molecule has 0 spiro atoms. The second-order valence-electron chi connectivity index (χ2n) is 4.64. The molecule has 0 aromatic rings. The Balaban J connectivity index is 1.75. The van der Waals surface area contributed by atoms with E-state index >= 15 is 0 Å². The topological polar surface area (TPSA) is 41.5 Å². The zero-order chi connectivity index (χ0) is 9.97. The van der Waals surface area contributed by atoms with Gasteiger partial charge in [0, 0.05) is 19.2 Å². The second-order valence-corrected chi connectivity index (χ2v) is 4.64. The summed E-state index contributed by atoms with van der Waals surface area (Å²) >= 11 is 0. The van der Waals surface area contributed by atoms with Crippen LogP contribution in [0.4, 0.5) is 0 Å². The summed E-state index contributed by atoms with van der Waals surface area (Å²) in [7, 11) is 1.79. The van der Waals surface area contributed by atoms with Crippen molar-refractivity contribution in [3.8, 4) is 0 Å². The molecular weight excluding hydrogens is 178 g/mol. The lowest BCUT2D eigenvalue weighted by Crippen LogP contribution is -2.41. The molecule has 0 bridgehead atoms. The molecule has 0 aromatic heterocycles. The van der Waals surface area contributed by atoms with Crippen LogP contribution in [-0.4, -0.2) is 36.5 Å². The molecule has 0 saturated heterocycles. The SMILES string of the molecule is COC1CCC(N[C@@H]2CCC[C@H]2O)C1. The van der Waals surface area contributed by atoms with Crippen LogP contribution in [0.25, 0.3) is 0 Å². The Morgan fingerprint density at radius 3 is 2.64 bits per heavy atom. The van der Waals surface area contributed by atoms with Gasteiger partial charge < -0.3 is 15.2 Å². The van der Waals surface area contributed by atoms with Gasteiger partial charge in [-0.05, 0) is 38.5 Å². The molecule has 3 nitrogen and oxygen atoms in total. The maximum atomic E-state index is 9.68. The Kier molecular flexibility index (Phi) is 3.42. The van der Waals surface area contributed by atoms with Crippen LogP contribution in [0, 0.1) is 0 Å². The molecule has 2 aliphatic carbocycles. The van der Waals surface area contributed by atoms with Gasteiger partial charge in [-0.3, -0.25) is 0 Å². The number of aliphatic hydroxyl groups excluding tert-OH is 1. The van der Waals surface area contributed by atoms with Crippen molar-refractivity contribution in [3.05, 3.63) is 0 Å². The van der Waals surface area contributed by atoms with Crippen molar-refractivity contribution in [2.24, 2.45) is 0 Å². The van der Waals surface area contributed by atoms with Crippen LogP contribution in [-0.2, 0) is 4.74 Å². The van der Waals surface area contributed by atoms with Gasteiger partial charge in [-0.15, -0.1) is 0 Å². The number of rotatable bonds is 3. The van der Waals surface area contributed by atoms with Crippen LogP contribution in [0.1, 0.15) is 38.5 Å². The van der Waals surface area contributed by atoms with Gasteiger partial charge in [-0.2, -0.15) is 0 Å². The fourth-order valence-corrected chi connectivity index (χ4v) is 2.74. The fraction of sp³-hybridized carbons (Fsp3) is 1.00. The molecule has 2 N–H and O–H groups in total. The number of ether oxygens (including phenoxy) is 1. The van der Waals surface area contributed by atoms with Crippen molar-refractivity contribution in [1.29, 1.82) is 0 Å². The van der Waals surface area contributed by atoms with E-state index in [9.17, 15) is 5.11 Å². The van der Waals surface area contributed by atoms with Crippen molar-refractivity contribution in [2.75, 3.05) is 7.11 Å². The van der Waals surface area contributed by atoms with Gasteiger partial charge in [0.2, 0.25) is 0 Å². The Hall–Kier alpha value is -0.120. The maximum Gasteiger partial charge on any atom is 0.0693 e. The smallest absolute Gasteiger partial charge is 0.0693 e. The minimum absolute atomic E-state index is 0.114. The van der Waals surface area contributed by atoms with Gasteiger partial charge in [0.15, 0.2) is 0 Å². The van der Waals surface area contributed by atoms with E-state index < -0.39 is 0 Å². The lowest BCUT2D eigenvalue weighted by Gasteiger charge is -2.21. The van der Waals surface area contributed by atoms with Crippen molar-refractivity contribution in [3.63, 3.8) is 0 Å². The minimum atomic E-state index is -0.114. The average Bonchev–Trinajstić information content (AvgIpc) is 2.77. The molecule has 2 fully saturated rings. The lowest BCUT2D eigenvalue weighted by molar-refractivity contribution is 0.103. The van der Waals surface area contributed by atoms with Crippen molar-refractivity contribution < 1.29 is 9.84 Å². The molecule has 0 amide bonds. The summed E-state index contributed by atoms with van der Waals surface area (Å²) in [6, 6.07) is 0.910. The van der Waals surface area contributed by atoms with Gasteiger partial charge in [0.05, 0.1) is 12.2 Å². The predicted molar refractivity (Wildman–Crippen MR) is 55.2 cm³/mol. The third-order valence-corrected chi connectivity index (χ3v) is 3.65. The summed E-state index contributed by atoms with van der Waals surface area (Å²) in [5.74, 6) is 0. The molecule has 2 aliphatic rings. The highest BCUT2D eigenvalue weighted by Crippen LogP contribution is 2.25. The largest absolute Gasteiger partial charge is 0.392 e. The van der Waals surface area contributed by atoms with Crippen LogP contribution in [0.5, 0.6) is 0 Å². The molecule has 0 radical (unpaired) electrons. The first-order chi connectivity index (χ1) is 6.79. The number of nitrogens with one attached hydrogen (secondary N) is 1. The van der Waals surface area contributed by atoms with Crippen LogP contribution >= 0.6 is 0 Å². The zero-order valence-electron chi connectivity index (χ0n) is 8.91. The van der Waals surface area contributed by atoms with E-state index in [4.69, 9.17) is 4.74 Å². The summed E-state index contributed by atoms with van der Waals surface area (Å²) in [5, 5.41) is 13.2. The third kappa shape index (κ3) is 2.27. The quantitative estimate of drug-likeness (QED) is 0.714. The summed E-state index contributed by atoms with van der Waals surface area (Å²) in [6.45, 7) is 0. The van der Waals surface area contributed by atoms with E-state index in [1.165, 1.54) is 12.8 Å². The summed E-state index contributed by atoms with van der Waals surface area (Å²) in [4.78, 5) is 0. The molecule has 0 aromatic carbocycles. The van der Waals surface area contributed by atoms with E-state index in [0.29, 0.717) is 18.2 Å². The number of methoxy groups -OCH3 is 1. The van der Waals surface area contributed by atoms with Crippen molar-refractivity contribution >= 4 is 0 Å². The molecule has 2 unspecified atom stereocenters. The van der Waals surface area contributed by atoms with E-state index in [2.05, 4.69) is 5.32 Å². The molecule has 82 valence electrons. The Morgan fingerprint density at radius 1 is 1.21 bits per heavy atom. The van der Waals surface area contributed by atoms with E-state index in [-0.39, 0.29) is 6.10 Å². The van der Waals surface area contributed by atoms with Crippen molar-refractivity contribution in [2.45, 2.75) is 62.8 Å². The van der Waals surface area contributed by atoms with E-state index in [1.807, 2.05) is 0 Å². The molecule has 4 atom stereocenters. The average molecular weight is 199 g/mol. The van der Waals surface area contributed by atoms with Gasteiger partial charge >= 0.3 is 0 Å². The Bertz CT molecular complexity index is 186. The molecular formula is C11H21NO2. The molecule has 0 aliphatic heterocycles. The highest BCUT2D eigenvalue weighted by molar-refractivity contribution is 4.89. The van der Waals surface area contributed by atoms with Crippen LogP contribution in [0.2, 0.25) is 0 Å². The maximum absolute atomic E-state index is 9.68. The monoisotopic (exact) mass is 199 g/mol. The van der Waals surface area contributed by atoms with Gasteiger partial charge in [0.1, 0.15) is 0 Å². The Labute approximate surface area is 85.8 Å². The van der Waals surface area contributed by atoms with Gasteiger partial charge in [0.25, 0.3) is 0 Å². The number of hydrogen-bond donors (Lipinski definition) is 2. The van der Waals surface area contributed by atoms with Crippen LogP contribution in [0.15, 0.2) is 0 Å². The second kappa shape index (κ2) is 4.60. The first kappa shape index (κ1) is 10.4. The summed E-state index contributed by atoms with van der Waals surface area (Å²) < 4.78 is 5.33. The van der Waals surface area contributed by atoms with Crippen molar-refractivity contribution in [1.82, 2.24) is 5.32 Å². The van der Waals surface area contributed by atoms with E-state index in [1.54, 1.807) is 7.11 Å². The summed E-state index contributed by atoms with van der Waals surface area (Å²) in [6.07, 6.45) is 7.06. The highest BCUT2D eigenvalue weighted by atomic mass is 16.5. The number of hydrogen-bond acceptors (Lipinski definition) is 3. The predicted octanol–water partition coefficient (Wildman–Crippen LogP) is 1.06. The zero-order valence-corrected chi connectivity index (χ0v) is 8.91. The van der Waals surface area contributed by atoms with E-state index in [0.717, 1.165) is 25.7 Å². The Morgan fingerprint density at radius 2 is 2.07 bits per heavy atom. The minimum Gasteiger partial charge on any atom is -0.392 e.